The van der Waals surface area contributed by atoms with Crippen LogP contribution in [0.1, 0.15) is 106 Å². The Kier molecular flexibility index (Phi) is 9.13. The zero-order valence-corrected chi connectivity index (χ0v) is 49.6. The summed E-state index contributed by atoms with van der Waals surface area (Å²) in [4.78, 5) is 19.0. The lowest BCUT2D eigenvalue weighted by atomic mass is 9.33. The van der Waals surface area contributed by atoms with Gasteiger partial charge in [-0.3, -0.25) is 0 Å². The van der Waals surface area contributed by atoms with Crippen molar-refractivity contribution < 1.29 is 27.4 Å². The van der Waals surface area contributed by atoms with E-state index < -0.39 is 167 Å². The van der Waals surface area contributed by atoms with Crippen LogP contribution in [0.2, 0.25) is 0 Å². The summed E-state index contributed by atoms with van der Waals surface area (Å²) in [5.41, 5.74) is 8.87. The first-order valence-corrected chi connectivity index (χ1v) is 28.9. The quantitative estimate of drug-likeness (QED) is 0.135. The van der Waals surface area contributed by atoms with Gasteiger partial charge in [-0.2, -0.15) is 0 Å². The predicted octanol–water partition coefficient (Wildman–Crippen LogP) is 19.5. The molecule has 0 radical (unpaired) electrons. The Morgan fingerprint density at radius 3 is 1.15 bits per heavy atom. The Morgan fingerprint density at radius 2 is 0.701 bits per heavy atom. The summed E-state index contributed by atoms with van der Waals surface area (Å²) < 4.78 is 181. The first kappa shape index (κ1) is 36.8. The minimum absolute atomic E-state index is 0.0316. The minimum Gasteiger partial charge on any atom is -0.311 e. The molecule has 1 aromatic heterocycles. The molecule has 87 heavy (non-hydrogen) atoms. The number of benzene rings is 11. The molecule has 0 atom stereocenters. The molecule has 12 aromatic rings. The van der Waals surface area contributed by atoms with Crippen LogP contribution in [0.25, 0.3) is 78.7 Å². The normalized spacial score (nSPS) is 16.0. The van der Waals surface area contributed by atoms with Gasteiger partial charge in [0.25, 0.3) is 6.71 Å². The summed E-state index contributed by atoms with van der Waals surface area (Å²) in [6.45, 7) is 17.9. The van der Waals surface area contributed by atoms with Crippen LogP contribution in [0, 0.1) is 0 Å². The summed E-state index contributed by atoms with van der Waals surface area (Å²) in [6.07, 6.45) is 0. The smallest absolute Gasteiger partial charge is 0.252 e. The lowest BCUT2D eigenvalue weighted by molar-refractivity contribution is 0.590. The lowest BCUT2D eigenvalue weighted by Crippen LogP contribution is -2.61. The second-order valence-electron chi connectivity index (χ2n) is 25.0. The van der Waals surface area contributed by atoms with Gasteiger partial charge in [0.2, 0.25) is 0 Å². The molecular formula is C81H70BN5. The van der Waals surface area contributed by atoms with E-state index in [0.717, 1.165) is 39.1 Å². The van der Waals surface area contributed by atoms with E-state index in [4.69, 9.17) is 31.4 Å². The summed E-state index contributed by atoms with van der Waals surface area (Å²) in [6, 6.07) is 33.0. The van der Waals surface area contributed by atoms with Crippen molar-refractivity contribution in [2.45, 2.75) is 78.6 Å². The van der Waals surface area contributed by atoms with Gasteiger partial charge in [-0.25, -0.2) is 15.0 Å². The lowest BCUT2D eigenvalue weighted by Gasteiger charge is -2.46. The maximum absolute atomic E-state index is 9.47. The molecule has 11 aromatic carbocycles. The van der Waals surface area contributed by atoms with E-state index >= 15 is 0 Å². The van der Waals surface area contributed by atoms with Gasteiger partial charge < -0.3 is 9.80 Å². The second-order valence-corrected chi connectivity index (χ2v) is 25.0. The molecule has 2 aliphatic rings. The highest BCUT2D eigenvalue weighted by atomic mass is 15.2. The maximum Gasteiger partial charge on any atom is 0.252 e. The number of hydrogen-bond acceptors (Lipinski definition) is 5. The van der Waals surface area contributed by atoms with Crippen molar-refractivity contribution in [1.82, 2.24) is 15.0 Å². The molecule has 6 heteroatoms. The van der Waals surface area contributed by atoms with E-state index in [-0.39, 0.29) is 28.1 Å². The van der Waals surface area contributed by atoms with Crippen molar-refractivity contribution in [2.75, 3.05) is 9.80 Å². The van der Waals surface area contributed by atoms with Gasteiger partial charge in [0.1, 0.15) is 0 Å². The number of nitrogens with zero attached hydrogens (tertiary/aromatic N) is 5. The highest BCUT2D eigenvalue weighted by Gasteiger charge is 2.46. The molecule has 0 aliphatic carbocycles. The van der Waals surface area contributed by atoms with Gasteiger partial charge in [-0.1, -0.05) is 274 Å². The Labute approximate surface area is 542 Å². The molecule has 2 aliphatic heterocycles. The molecule has 0 amide bonds. The van der Waals surface area contributed by atoms with E-state index in [2.05, 4.69) is 95.0 Å². The molecule has 0 saturated carbocycles. The number of hydrogen-bond donors (Lipinski definition) is 0. The Hall–Kier alpha value is -9.91. The maximum atomic E-state index is 9.47. The molecule has 0 fully saturated rings. The molecule has 0 bridgehead atoms. The Morgan fingerprint density at radius 1 is 0.310 bits per heavy atom. The van der Waals surface area contributed by atoms with Crippen LogP contribution >= 0.6 is 0 Å². The average Bonchev–Trinajstić information content (AvgIpc) is 0.686. The van der Waals surface area contributed by atoms with Crippen molar-refractivity contribution in [2.24, 2.45) is 0 Å². The fraction of sp³-hybridized carbons (Fsp3) is 0.148. The predicted molar refractivity (Wildman–Crippen MR) is 368 cm³/mol. The van der Waals surface area contributed by atoms with E-state index in [1.54, 1.807) is 18.2 Å². The third kappa shape index (κ3) is 10.1. The molecule has 14 rings (SSSR count). The van der Waals surface area contributed by atoms with Crippen molar-refractivity contribution in [3.8, 4) is 78.7 Å². The van der Waals surface area contributed by atoms with E-state index in [9.17, 15) is 11.0 Å². The van der Waals surface area contributed by atoms with Gasteiger partial charge in [0, 0.05) is 50.6 Å². The van der Waals surface area contributed by atoms with Gasteiger partial charge in [-0.15, -0.1) is 0 Å². The molecule has 5 nitrogen and oxygen atoms in total. The first-order valence-electron chi connectivity index (χ1n) is 38.9. The van der Waals surface area contributed by atoms with Crippen molar-refractivity contribution >= 4 is 57.2 Å². The van der Waals surface area contributed by atoms with Crippen LogP contribution in [0.5, 0.6) is 0 Å². The first-order chi connectivity index (χ1) is 50.3. The fourth-order valence-electron chi connectivity index (χ4n) is 11.8. The Balaban J connectivity index is 1.20. The third-order valence-electron chi connectivity index (χ3n) is 16.3. The number of rotatable bonds is 9. The highest BCUT2D eigenvalue weighted by molar-refractivity contribution is 7.00. The molecule has 0 spiro atoms. The second kappa shape index (κ2) is 21.6. The topological polar surface area (TPSA) is 45.2 Å². The molecule has 422 valence electrons. The average molecular weight is 1140 g/mol. The van der Waals surface area contributed by atoms with Crippen LogP contribution in [0.15, 0.2) is 260 Å². The van der Waals surface area contributed by atoms with Gasteiger partial charge in [-0.05, 0) is 131 Å². The van der Waals surface area contributed by atoms with E-state index in [1.807, 2.05) is 98.5 Å². The molecule has 0 N–H and O–H groups in total. The summed E-state index contributed by atoms with van der Waals surface area (Å²) >= 11 is 0. The van der Waals surface area contributed by atoms with Gasteiger partial charge in [0.15, 0.2) is 17.5 Å². The van der Waals surface area contributed by atoms with Gasteiger partial charge >= 0.3 is 0 Å². The summed E-state index contributed by atoms with van der Waals surface area (Å²) in [5, 5.41) is 0. The van der Waals surface area contributed by atoms with E-state index in [1.165, 1.54) is 0 Å². The van der Waals surface area contributed by atoms with Crippen LogP contribution in [-0.4, -0.2) is 21.7 Å². The zero-order chi connectivity index (χ0) is 77.2. The Bertz CT molecular complexity index is 5550. The van der Waals surface area contributed by atoms with Crippen molar-refractivity contribution in [1.29, 1.82) is 0 Å². The van der Waals surface area contributed by atoms with Crippen LogP contribution in [0.3, 0.4) is 0 Å². The zero-order valence-electron chi connectivity index (χ0n) is 69.6. The minimum atomic E-state index is -0.801. The third-order valence-corrected chi connectivity index (χ3v) is 16.3. The monoisotopic (exact) mass is 1140 g/mol. The number of fused-ring (bicyclic) bond motifs is 4. The van der Waals surface area contributed by atoms with Crippen LogP contribution in [0.4, 0.5) is 34.1 Å². The molecule has 0 unspecified atom stereocenters. The van der Waals surface area contributed by atoms with E-state index in [0.29, 0.717) is 56.0 Å². The number of anilines is 6. The largest absolute Gasteiger partial charge is 0.311 e. The molecule has 3 heterocycles. The standard InChI is InChI=1S/C81H70BN5/c1-79(2,3)61-42-45-69(66(48-61)78-84-76(57-36-24-14-25-37-57)83-77(85-78)58-38-26-15-27-39-58)86-70-46-59(53-28-16-10-17-29-53)40-43-67(70)82-68-44-41-60(54-30-18-11-19-31-54)47-71(68)87(73-52-63(81(7,8)9)51-72(86)74(73)82)75-64(55-32-20-12-21-33-55)49-62(80(4,5)6)50-65(75)56-34-22-13-23-35-56/h10-52H,1-9H3/i10D,11D,14D,15D,16D,17D,18D,19D,24D,25D,26D,27D,28D,29D,30D,31D,36D,37D,38D,39D. The SMILES string of the molecule is [2H]c1c([2H])c([2H])c(-c2ccc3c(c2)N(c2ccc(C(C)(C)C)cc2-c2nc(-c4c([2H])c([2H])c([2H])c([2H])c4[2H])nc(-c4c([2H])c([2H])c([2H])c([2H])c4[2H])n2)c2cc(C(C)(C)C)cc4c2B3c2ccc(-c3c([2H])c([2H])c([2H])c([2H])c3[2H])cc2N4c2c(-c3ccccc3)cc(C(C)(C)C)cc2-c2ccccc2)c([2H])c1[2H]. The van der Waals surface area contributed by atoms with Crippen molar-refractivity contribution in [3.63, 3.8) is 0 Å². The summed E-state index contributed by atoms with van der Waals surface area (Å²) in [7, 11) is 0. The summed E-state index contributed by atoms with van der Waals surface area (Å²) in [5.74, 6) is -1.22. The highest BCUT2D eigenvalue weighted by Crippen LogP contribution is 2.54. The molecular weight excluding hydrogens is 1050 g/mol. The van der Waals surface area contributed by atoms with Gasteiger partial charge in [0.05, 0.1) is 38.8 Å². The van der Waals surface area contributed by atoms with Crippen LogP contribution < -0.4 is 26.2 Å². The molecule has 0 saturated heterocycles. The van der Waals surface area contributed by atoms with Crippen molar-refractivity contribution in [3.05, 3.63) is 277 Å². The fourth-order valence-corrected chi connectivity index (χ4v) is 11.8. The number of aromatic nitrogens is 3. The van der Waals surface area contributed by atoms with Crippen LogP contribution in [-0.2, 0) is 16.2 Å².